The third-order valence-corrected chi connectivity index (χ3v) is 11.2. The van der Waals surface area contributed by atoms with Gasteiger partial charge in [0.2, 0.25) is 11.8 Å². The molecule has 2 N–H and O–H groups in total. The van der Waals surface area contributed by atoms with E-state index in [2.05, 4.69) is 34.4 Å². The van der Waals surface area contributed by atoms with Crippen molar-refractivity contribution in [3.05, 3.63) is 90.0 Å². The van der Waals surface area contributed by atoms with Crippen LogP contribution in [0.15, 0.2) is 73.8 Å². The Bertz CT molecular complexity index is 1620. The number of carbonyl (C=O) groups excluding carboxylic acids is 4. The quantitative estimate of drug-likeness (QED) is 0.143. The second kappa shape index (κ2) is 16.4. The molecule has 0 saturated carbocycles. The van der Waals surface area contributed by atoms with Crippen LogP contribution in [0.4, 0.5) is 5.69 Å². The molecule has 0 radical (unpaired) electrons. The van der Waals surface area contributed by atoms with Crippen LogP contribution in [0.1, 0.15) is 43.4 Å². The van der Waals surface area contributed by atoms with E-state index in [1.54, 1.807) is 55.5 Å². The minimum atomic E-state index is -1.43. The number of amides is 3. The number of hydrogen-bond donors (Lipinski definition) is 2. The van der Waals surface area contributed by atoms with E-state index in [4.69, 9.17) is 25.8 Å². The molecule has 274 valence electrons. The number of methoxy groups -OCH3 is 1. The van der Waals surface area contributed by atoms with Crippen molar-refractivity contribution < 1.29 is 38.5 Å². The molecule has 3 aliphatic heterocycles. The standard InChI is InChI=1S/C38H45BrClN3O8/c1-6-8-17-28(45)41-27(21-49-5)32(24-14-10-9-11-15-24)50-37(48)29-30-35(46)43(23(4)20-44)34(38(30)19-25(39)33(29)51-38)36(47)42(18-7-2)31-22(3)13-12-16-26(31)40/h6-7,9-16,23,25,27,29-30,32-34,44H,1-2,8,17-21H2,3-5H3,(H,41,45)/t23-,25?,27-,29+,30-,32-,33+,34+,38-/m1/s1. The summed E-state index contributed by atoms with van der Waals surface area (Å²) in [5.41, 5.74) is 0.393. The minimum Gasteiger partial charge on any atom is -0.455 e. The number of para-hydroxylation sites is 1. The first-order valence-electron chi connectivity index (χ1n) is 17.0. The van der Waals surface area contributed by atoms with Crippen LogP contribution in [0.25, 0.3) is 0 Å². The number of aryl methyl sites for hydroxylation is 1. The Labute approximate surface area is 312 Å². The molecule has 0 aliphatic carbocycles. The van der Waals surface area contributed by atoms with Gasteiger partial charge >= 0.3 is 5.97 Å². The molecule has 5 rings (SSSR count). The van der Waals surface area contributed by atoms with E-state index in [-0.39, 0.29) is 31.9 Å². The zero-order chi connectivity index (χ0) is 37.0. The number of likely N-dealkylation sites (tertiary alicyclic amines) is 1. The number of esters is 1. The summed E-state index contributed by atoms with van der Waals surface area (Å²) in [7, 11) is 1.49. The van der Waals surface area contributed by atoms with Crippen LogP contribution in [0.3, 0.4) is 0 Å². The molecule has 51 heavy (non-hydrogen) atoms. The Morgan fingerprint density at radius 2 is 1.92 bits per heavy atom. The molecule has 3 amide bonds. The average Bonchev–Trinajstić information content (AvgIpc) is 3.71. The molecule has 2 aromatic carbocycles. The number of fused-ring (bicyclic) bond motifs is 1. The topological polar surface area (TPSA) is 135 Å². The summed E-state index contributed by atoms with van der Waals surface area (Å²) >= 11 is 10.4. The number of allylic oxidation sites excluding steroid dienone is 1. The first-order chi connectivity index (χ1) is 24.4. The minimum absolute atomic E-state index is 0.0313. The number of aliphatic hydroxyl groups excluding tert-OH is 1. The molecule has 3 saturated heterocycles. The molecular formula is C38H45BrClN3O8. The number of benzene rings is 2. The first-order valence-corrected chi connectivity index (χ1v) is 18.3. The van der Waals surface area contributed by atoms with Gasteiger partial charge in [-0.05, 0) is 43.9 Å². The van der Waals surface area contributed by atoms with Crippen LogP contribution < -0.4 is 10.2 Å². The Balaban J connectivity index is 1.55. The molecule has 2 bridgehead atoms. The Morgan fingerprint density at radius 1 is 1.20 bits per heavy atom. The predicted octanol–water partition coefficient (Wildman–Crippen LogP) is 4.68. The van der Waals surface area contributed by atoms with Crippen molar-refractivity contribution in [1.82, 2.24) is 10.2 Å². The van der Waals surface area contributed by atoms with Crippen molar-refractivity contribution in [3.8, 4) is 0 Å². The van der Waals surface area contributed by atoms with Gasteiger partial charge in [0.15, 0.2) is 0 Å². The van der Waals surface area contributed by atoms with E-state index in [0.29, 0.717) is 22.7 Å². The Kier molecular flexibility index (Phi) is 12.4. The lowest BCUT2D eigenvalue weighted by Gasteiger charge is -2.39. The SMILES string of the molecule is C=CCCC(=O)N[C@H](COC)[C@H](OC(=O)[C@@H]1[C@H]2O[C@@]3(CC2Br)[C@H](C(=O)N(CC=C)c2c(C)cccc2Cl)N([C@H](C)CO)C(=O)[C@@H]13)c1ccccc1. The van der Waals surface area contributed by atoms with Gasteiger partial charge in [0.05, 0.1) is 53.9 Å². The maximum absolute atomic E-state index is 14.9. The number of nitrogens with one attached hydrogen (secondary N) is 1. The van der Waals surface area contributed by atoms with Gasteiger partial charge in [-0.2, -0.15) is 0 Å². The second-order valence-electron chi connectivity index (χ2n) is 13.3. The lowest BCUT2D eigenvalue weighted by atomic mass is 9.70. The van der Waals surface area contributed by atoms with Crippen LogP contribution >= 0.6 is 27.5 Å². The smallest absolute Gasteiger partial charge is 0.313 e. The van der Waals surface area contributed by atoms with Crippen molar-refractivity contribution in [2.75, 3.05) is 31.8 Å². The molecule has 1 spiro atoms. The zero-order valence-electron chi connectivity index (χ0n) is 29.0. The van der Waals surface area contributed by atoms with Crippen LogP contribution in [0.5, 0.6) is 0 Å². The van der Waals surface area contributed by atoms with Crippen molar-refractivity contribution in [3.63, 3.8) is 0 Å². The fourth-order valence-corrected chi connectivity index (χ4v) is 9.10. The fourth-order valence-electron chi connectivity index (χ4n) is 7.84. The molecule has 2 aromatic rings. The van der Waals surface area contributed by atoms with Crippen LogP contribution in [0.2, 0.25) is 5.02 Å². The number of hydrogen-bond acceptors (Lipinski definition) is 8. The van der Waals surface area contributed by atoms with E-state index < -0.39 is 77.0 Å². The summed E-state index contributed by atoms with van der Waals surface area (Å²) in [4.78, 5) is 59.4. The third kappa shape index (κ3) is 7.26. The molecule has 3 heterocycles. The molecule has 3 aliphatic rings. The number of carbonyl (C=O) groups is 4. The van der Waals surface area contributed by atoms with E-state index in [1.807, 2.05) is 19.1 Å². The highest BCUT2D eigenvalue weighted by Crippen LogP contribution is 2.61. The molecule has 0 aromatic heterocycles. The summed E-state index contributed by atoms with van der Waals surface area (Å²) in [5, 5.41) is 13.6. The second-order valence-corrected chi connectivity index (χ2v) is 14.9. The van der Waals surface area contributed by atoms with Crippen LogP contribution in [-0.2, 0) is 33.4 Å². The molecule has 11 nitrogen and oxygen atoms in total. The maximum Gasteiger partial charge on any atom is 0.313 e. The normalized spacial score (nSPS) is 26.6. The van der Waals surface area contributed by atoms with E-state index in [9.17, 15) is 24.3 Å². The number of anilines is 1. The average molecular weight is 787 g/mol. The van der Waals surface area contributed by atoms with Gasteiger partial charge in [-0.15, -0.1) is 13.2 Å². The van der Waals surface area contributed by atoms with Gasteiger partial charge in [-0.3, -0.25) is 19.2 Å². The van der Waals surface area contributed by atoms with Crippen molar-refractivity contribution >= 4 is 56.9 Å². The van der Waals surface area contributed by atoms with E-state index in [1.165, 1.54) is 16.9 Å². The molecule has 9 atom stereocenters. The Hall–Kier alpha value is -3.55. The summed E-state index contributed by atoms with van der Waals surface area (Å²) in [6, 6.07) is 11.5. The summed E-state index contributed by atoms with van der Waals surface area (Å²) in [6.45, 7) is 10.7. The maximum atomic E-state index is 14.9. The zero-order valence-corrected chi connectivity index (χ0v) is 31.3. The lowest BCUT2D eigenvalue weighted by molar-refractivity contribution is -0.163. The summed E-state index contributed by atoms with van der Waals surface area (Å²) in [5.74, 6) is -4.15. The summed E-state index contributed by atoms with van der Waals surface area (Å²) < 4.78 is 18.4. The number of ether oxygens (including phenoxy) is 3. The first kappa shape index (κ1) is 38.7. The molecule has 13 heteroatoms. The number of alkyl halides is 1. The van der Waals surface area contributed by atoms with Gasteiger partial charge in [-0.1, -0.05) is 82.1 Å². The predicted molar refractivity (Wildman–Crippen MR) is 196 cm³/mol. The van der Waals surface area contributed by atoms with E-state index in [0.717, 1.165) is 5.56 Å². The Morgan fingerprint density at radius 3 is 2.55 bits per heavy atom. The van der Waals surface area contributed by atoms with Crippen molar-refractivity contribution in [2.24, 2.45) is 11.8 Å². The molecule has 1 unspecified atom stereocenters. The number of nitrogens with zero attached hydrogens (tertiary/aromatic N) is 2. The van der Waals surface area contributed by atoms with Crippen LogP contribution in [0, 0.1) is 18.8 Å². The number of aliphatic hydroxyl groups is 1. The van der Waals surface area contributed by atoms with Gasteiger partial charge in [0.1, 0.15) is 17.7 Å². The monoisotopic (exact) mass is 785 g/mol. The molecule has 3 fully saturated rings. The van der Waals surface area contributed by atoms with Gasteiger partial charge in [0, 0.05) is 24.9 Å². The van der Waals surface area contributed by atoms with E-state index >= 15 is 0 Å². The van der Waals surface area contributed by atoms with Gasteiger partial charge < -0.3 is 34.4 Å². The fraction of sp³-hybridized carbons (Fsp3) is 0.474. The highest BCUT2D eigenvalue weighted by molar-refractivity contribution is 9.09. The van der Waals surface area contributed by atoms with Gasteiger partial charge in [0.25, 0.3) is 5.91 Å². The number of halogens is 2. The van der Waals surface area contributed by atoms with Crippen molar-refractivity contribution in [2.45, 2.75) is 73.9 Å². The lowest BCUT2D eigenvalue weighted by Crippen LogP contribution is -2.59. The highest BCUT2D eigenvalue weighted by Gasteiger charge is 2.77. The number of rotatable bonds is 16. The largest absolute Gasteiger partial charge is 0.455 e. The third-order valence-electron chi connectivity index (χ3n) is 10.0. The summed E-state index contributed by atoms with van der Waals surface area (Å²) in [6.07, 6.45) is 2.33. The molecular weight excluding hydrogens is 742 g/mol. The van der Waals surface area contributed by atoms with Gasteiger partial charge in [-0.25, -0.2) is 0 Å². The van der Waals surface area contributed by atoms with Crippen LogP contribution in [-0.4, -0.2) is 95.2 Å². The highest BCUT2D eigenvalue weighted by atomic mass is 79.9. The van der Waals surface area contributed by atoms with Crippen molar-refractivity contribution in [1.29, 1.82) is 0 Å².